The molecule has 3 rings (SSSR count). The van der Waals surface area contributed by atoms with Gasteiger partial charge in [0, 0.05) is 5.69 Å². The maximum atomic E-state index is 12.6. The fraction of sp³-hybridized carbons (Fsp3) is 0.136. The number of hydrogen-bond acceptors (Lipinski definition) is 5. The van der Waals surface area contributed by atoms with Crippen molar-refractivity contribution < 1.29 is 22.7 Å². The van der Waals surface area contributed by atoms with E-state index in [0.717, 1.165) is 10.6 Å². The summed E-state index contributed by atoms with van der Waals surface area (Å²) >= 11 is 6.09. The zero-order valence-electron chi connectivity index (χ0n) is 16.9. The van der Waals surface area contributed by atoms with Crippen LogP contribution in [-0.4, -0.2) is 34.2 Å². The largest absolute Gasteiger partial charge is 0.495 e. The summed E-state index contributed by atoms with van der Waals surface area (Å²) in [5.74, 6) is 0.769. The van der Waals surface area contributed by atoms with Gasteiger partial charge >= 0.3 is 0 Å². The molecule has 162 valence electrons. The van der Waals surface area contributed by atoms with Crippen LogP contribution in [-0.2, 0) is 14.8 Å². The predicted octanol–water partition coefficient (Wildman–Crippen LogP) is 4.55. The number of carbonyl (C=O) groups excluding carboxylic acids is 1. The Morgan fingerprint density at radius 2 is 1.68 bits per heavy atom. The van der Waals surface area contributed by atoms with E-state index in [1.54, 1.807) is 60.7 Å². The average Bonchev–Trinajstić information content (AvgIpc) is 2.73. The number of anilines is 2. The van der Waals surface area contributed by atoms with Crippen LogP contribution in [0.25, 0.3) is 0 Å². The zero-order valence-corrected chi connectivity index (χ0v) is 18.5. The Kier molecular flexibility index (Phi) is 7.04. The fourth-order valence-corrected chi connectivity index (χ4v) is 3.94. The summed E-state index contributed by atoms with van der Waals surface area (Å²) in [6, 6.07) is 20.3. The highest BCUT2D eigenvalue weighted by atomic mass is 35.5. The van der Waals surface area contributed by atoms with Crippen LogP contribution in [0.1, 0.15) is 0 Å². The molecule has 0 aliphatic carbocycles. The third-order valence-corrected chi connectivity index (χ3v) is 5.65. The predicted molar refractivity (Wildman–Crippen MR) is 122 cm³/mol. The van der Waals surface area contributed by atoms with Crippen LogP contribution >= 0.6 is 11.6 Å². The van der Waals surface area contributed by atoms with E-state index >= 15 is 0 Å². The van der Waals surface area contributed by atoms with Crippen LogP contribution in [0.5, 0.6) is 17.2 Å². The van der Waals surface area contributed by atoms with E-state index in [9.17, 15) is 13.2 Å². The third-order valence-electron chi connectivity index (χ3n) is 4.23. The molecule has 3 aromatic rings. The molecule has 31 heavy (non-hydrogen) atoms. The molecule has 3 aromatic carbocycles. The molecule has 0 saturated heterocycles. The number of sulfonamides is 1. The van der Waals surface area contributed by atoms with E-state index < -0.39 is 22.5 Å². The molecule has 1 N–H and O–H groups in total. The van der Waals surface area contributed by atoms with E-state index in [2.05, 4.69) is 5.32 Å². The second-order valence-corrected chi connectivity index (χ2v) is 8.86. The van der Waals surface area contributed by atoms with Gasteiger partial charge in [0.05, 0.1) is 24.1 Å². The van der Waals surface area contributed by atoms with Crippen molar-refractivity contribution in [3.63, 3.8) is 0 Å². The second kappa shape index (κ2) is 9.72. The topological polar surface area (TPSA) is 84.9 Å². The van der Waals surface area contributed by atoms with Gasteiger partial charge in [0.2, 0.25) is 15.9 Å². The molecule has 0 bridgehead atoms. The molecule has 7 nitrogen and oxygen atoms in total. The first-order valence-electron chi connectivity index (χ1n) is 9.21. The number of methoxy groups -OCH3 is 1. The zero-order chi connectivity index (χ0) is 22.4. The Labute approximate surface area is 186 Å². The van der Waals surface area contributed by atoms with Crippen LogP contribution in [0.15, 0.2) is 72.8 Å². The number of benzene rings is 3. The summed E-state index contributed by atoms with van der Waals surface area (Å²) < 4.78 is 37.0. The van der Waals surface area contributed by atoms with Gasteiger partial charge in [-0.15, -0.1) is 0 Å². The van der Waals surface area contributed by atoms with Gasteiger partial charge in [-0.25, -0.2) is 8.42 Å². The van der Waals surface area contributed by atoms with Gasteiger partial charge in [0.1, 0.15) is 18.0 Å². The minimum atomic E-state index is -3.79. The maximum absolute atomic E-state index is 12.6. The van der Waals surface area contributed by atoms with Gasteiger partial charge in [0.25, 0.3) is 0 Å². The first kappa shape index (κ1) is 22.5. The summed E-state index contributed by atoms with van der Waals surface area (Å²) in [5.41, 5.74) is 0.662. The van der Waals surface area contributed by atoms with Crippen LogP contribution in [0.4, 0.5) is 11.4 Å². The van der Waals surface area contributed by atoms with E-state index in [-0.39, 0.29) is 5.69 Å². The molecule has 0 aliphatic heterocycles. The lowest BCUT2D eigenvalue weighted by molar-refractivity contribution is -0.114. The number of nitrogens with one attached hydrogen (secondary N) is 1. The fourth-order valence-electron chi connectivity index (χ4n) is 2.82. The number of halogens is 1. The van der Waals surface area contributed by atoms with Crippen molar-refractivity contribution in [1.82, 2.24) is 0 Å². The van der Waals surface area contributed by atoms with Gasteiger partial charge in [0.15, 0.2) is 5.75 Å². The molecule has 0 spiro atoms. The number of carbonyl (C=O) groups is 1. The molecule has 0 fully saturated rings. The lowest BCUT2D eigenvalue weighted by Crippen LogP contribution is -2.37. The lowest BCUT2D eigenvalue weighted by atomic mass is 10.2. The molecule has 1 amide bonds. The third kappa shape index (κ3) is 5.90. The number of hydrogen-bond donors (Lipinski definition) is 1. The van der Waals surface area contributed by atoms with Crippen LogP contribution in [0.2, 0.25) is 5.02 Å². The molecular formula is C22H21ClN2O5S. The summed E-state index contributed by atoms with van der Waals surface area (Å²) in [6.07, 6.45) is 1.03. The van der Waals surface area contributed by atoms with Gasteiger partial charge in [-0.2, -0.15) is 0 Å². The Morgan fingerprint density at radius 3 is 2.32 bits per heavy atom. The van der Waals surface area contributed by atoms with E-state index in [1.165, 1.54) is 13.2 Å². The first-order valence-corrected chi connectivity index (χ1v) is 11.4. The minimum absolute atomic E-state index is 0.247. The van der Waals surface area contributed by atoms with Crippen molar-refractivity contribution in [2.24, 2.45) is 0 Å². The monoisotopic (exact) mass is 460 g/mol. The number of ether oxygens (including phenoxy) is 2. The average molecular weight is 461 g/mol. The van der Waals surface area contributed by atoms with Gasteiger partial charge in [-0.05, 0) is 42.5 Å². The quantitative estimate of drug-likeness (QED) is 0.533. The van der Waals surface area contributed by atoms with Crippen molar-refractivity contribution in [3.8, 4) is 17.2 Å². The van der Waals surface area contributed by atoms with Crippen molar-refractivity contribution >= 4 is 38.9 Å². The Balaban J connectivity index is 1.85. The molecule has 9 heteroatoms. The van der Waals surface area contributed by atoms with E-state index in [1.807, 2.05) is 6.07 Å². The molecule has 0 radical (unpaired) electrons. The molecule has 0 unspecified atom stereocenters. The van der Waals surface area contributed by atoms with Crippen molar-refractivity contribution in [3.05, 3.63) is 77.8 Å². The van der Waals surface area contributed by atoms with E-state index in [4.69, 9.17) is 21.1 Å². The second-order valence-electron chi connectivity index (χ2n) is 6.55. The Bertz CT molecular complexity index is 1170. The van der Waals surface area contributed by atoms with Crippen LogP contribution in [0.3, 0.4) is 0 Å². The summed E-state index contributed by atoms with van der Waals surface area (Å²) in [7, 11) is -2.31. The highest BCUT2D eigenvalue weighted by Gasteiger charge is 2.24. The van der Waals surface area contributed by atoms with Crippen molar-refractivity contribution in [2.45, 2.75) is 0 Å². The van der Waals surface area contributed by atoms with Crippen LogP contribution < -0.4 is 19.1 Å². The smallest absolute Gasteiger partial charge is 0.245 e. The van der Waals surface area contributed by atoms with E-state index in [0.29, 0.717) is 28.0 Å². The summed E-state index contributed by atoms with van der Waals surface area (Å²) in [4.78, 5) is 12.6. The molecule has 0 aliphatic rings. The number of rotatable bonds is 8. The summed E-state index contributed by atoms with van der Waals surface area (Å²) in [6.45, 7) is -0.447. The molecule has 0 saturated carbocycles. The van der Waals surface area contributed by atoms with Gasteiger partial charge in [-0.1, -0.05) is 41.9 Å². The standard InChI is InChI=1S/C22H21ClN2O5S/c1-29-20-13-12-16(14-18(20)23)24-22(26)15-25(31(2,27)28)19-10-6-7-11-21(19)30-17-8-4-3-5-9-17/h3-14H,15H2,1-2H3,(H,24,26). The Hall–Kier alpha value is -3.23. The SMILES string of the molecule is COc1ccc(NC(=O)CN(c2ccccc2Oc2ccccc2)S(C)(=O)=O)cc1Cl. The number of nitrogens with zero attached hydrogens (tertiary/aromatic N) is 1. The lowest BCUT2D eigenvalue weighted by Gasteiger charge is -2.24. The molecule has 0 aromatic heterocycles. The number of para-hydroxylation sites is 3. The first-order chi connectivity index (χ1) is 14.8. The molecule has 0 heterocycles. The van der Waals surface area contributed by atoms with Gasteiger partial charge in [-0.3, -0.25) is 9.10 Å². The summed E-state index contributed by atoms with van der Waals surface area (Å²) in [5, 5.41) is 2.97. The molecular weight excluding hydrogens is 440 g/mol. The normalized spacial score (nSPS) is 10.9. The maximum Gasteiger partial charge on any atom is 0.245 e. The van der Waals surface area contributed by atoms with Crippen molar-refractivity contribution in [1.29, 1.82) is 0 Å². The number of amides is 1. The highest BCUT2D eigenvalue weighted by Crippen LogP contribution is 2.33. The van der Waals surface area contributed by atoms with Crippen molar-refractivity contribution in [2.75, 3.05) is 29.5 Å². The molecule has 0 atom stereocenters. The van der Waals surface area contributed by atoms with Gasteiger partial charge < -0.3 is 14.8 Å². The van der Waals surface area contributed by atoms with Crippen LogP contribution in [0, 0.1) is 0 Å². The minimum Gasteiger partial charge on any atom is -0.495 e. The Morgan fingerprint density at radius 1 is 1.00 bits per heavy atom. The highest BCUT2D eigenvalue weighted by molar-refractivity contribution is 7.92.